The van der Waals surface area contributed by atoms with Crippen LogP contribution in [0.1, 0.15) is 5.56 Å². The average molecular weight is 300 g/mol. The lowest BCUT2D eigenvalue weighted by molar-refractivity contribution is -0.169. The molecular formula is C14H12F4N2O. The maximum absolute atomic E-state index is 12.7. The third-order valence-electron chi connectivity index (χ3n) is 2.97. The fraction of sp³-hybridized carbons (Fsp3) is 0.286. The van der Waals surface area contributed by atoms with Gasteiger partial charge in [-0.25, -0.2) is 8.78 Å². The lowest BCUT2D eigenvalue weighted by atomic mass is 10.1. The Bertz CT molecular complexity index is 640. The van der Waals surface area contributed by atoms with Crippen LogP contribution in [0.5, 0.6) is 0 Å². The Morgan fingerprint density at radius 3 is 2.67 bits per heavy atom. The molecule has 3 nitrogen and oxygen atoms in total. The molecule has 1 N–H and O–H groups in total. The number of hydrogen-bond donors (Lipinski definition) is 1. The highest BCUT2D eigenvalue weighted by Gasteiger charge is 2.48. The fourth-order valence-electron chi connectivity index (χ4n) is 1.90. The molecule has 1 aromatic heterocycles. The molecule has 2 rings (SSSR count). The highest BCUT2D eigenvalue weighted by Crippen LogP contribution is 2.22. The van der Waals surface area contributed by atoms with Crippen molar-refractivity contribution >= 4 is 16.8 Å². The summed E-state index contributed by atoms with van der Waals surface area (Å²) in [6.07, 6.45) is -2.20. The molecule has 1 amide bonds. The average Bonchev–Trinajstić information content (AvgIpc) is 2.47. The van der Waals surface area contributed by atoms with Crippen LogP contribution in [0.25, 0.3) is 10.9 Å². The van der Waals surface area contributed by atoms with Crippen molar-refractivity contribution in [1.82, 2.24) is 10.3 Å². The molecular weight excluding hydrogens is 288 g/mol. The number of rotatable bonds is 5. The molecule has 0 radical (unpaired) electrons. The van der Waals surface area contributed by atoms with Gasteiger partial charge in [-0.3, -0.25) is 9.78 Å². The van der Waals surface area contributed by atoms with Crippen molar-refractivity contribution in [3.63, 3.8) is 0 Å². The third-order valence-corrected chi connectivity index (χ3v) is 2.97. The van der Waals surface area contributed by atoms with E-state index < -0.39 is 18.3 Å². The van der Waals surface area contributed by atoms with Gasteiger partial charge in [0.05, 0.1) is 5.52 Å². The minimum Gasteiger partial charge on any atom is -0.350 e. The second-order valence-electron chi connectivity index (χ2n) is 4.42. The Balaban J connectivity index is 2.02. The number of nitrogens with one attached hydrogen (secondary N) is 1. The molecule has 1 aromatic carbocycles. The Kier molecular flexibility index (Phi) is 4.40. The lowest BCUT2D eigenvalue weighted by Crippen LogP contribution is -2.45. The number of halogens is 4. The molecule has 2 aromatic rings. The SMILES string of the molecule is O=C(NCCc1cccc2cccnc12)C(F)(F)C(F)F. The minimum atomic E-state index is -4.67. The van der Waals surface area contributed by atoms with Gasteiger partial charge in [0, 0.05) is 18.1 Å². The molecule has 0 aliphatic rings. The monoisotopic (exact) mass is 300 g/mol. The van der Waals surface area contributed by atoms with Crippen molar-refractivity contribution in [1.29, 1.82) is 0 Å². The topological polar surface area (TPSA) is 42.0 Å². The summed E-state index contributed by atoms with van der Waals surface area (Å²) in [5, 5.41) is 2.70. The van der Waals surface area contributed by atoms with Gasteiger partial charge in [0.1, 0.15) is 0 Å². The highest BCUT2D eigenvalue weighted by atomic mass is 19.3. The van der Waals surface area contributed by atoms with Crippen LogP contribution in [0.2, 0.25) is 0 Å². The summed E-state index contributed by atoms with van der Waals surface area (Å²) < 4.78 is 49.5. The van der Waals surface area contributed by atoms with Gasteiger partial charge in [0.2, 0.25) is 0 Å². The van der Waals surface area contributed by atoms with E-state index in [9.17, 15) is 22.4 Å². The van der Waals surface area contributed by atoms with Gasteiger partial charge in [0.15, 0.2) is 0 Å². The first-order valence-corrected chi connectivity index (χ1v) is 6.20. The largest absolute Gasteiger partial charge is 0.383 e. The molecule has 7 heteroatoms. The number of amides is 1. The van der Waals surface area contributed by atoms with Crippen molar-refractivity contribution in [3.05, 3.63) is 42.1 Å². The van der Waals surface area contributed by atoms with E-state index in [0.717, 1.165) is 10.9 Å². The van der Waals surface area contributed by atoms with Gasteiger partial charge in [-0.15, -0.1) is 0 Å². The predicted molar refractivity (Wildman–Crippen MR) is 69.4 cm³/mol. The molecule has 0 bridgehead atoms. The molecule has 0 atom stereocenters. The van der Waals surface area contributed by atoms with Gasteiger partial charge < -0.3 is 5.32 Å². The quantitative estimate of drug-likeness (QED) is 0.863. The van der Waals surface area contributed by atoms with Crippen LogP contribution in [-0.4, -0.2) is 29.8 Å². The first kappa shape index (κ1) is 15.2. The number of benzene rings is 1. The van der Waals surface area contributed by atoms with Crippen LogP contribution < -0.4 is 5.32 Å². The Labute approximate surface area is 118 Å². The zero-order chi connectivity index (χ0) is 15.5. The molecule has 0 saturated carbocycles. The number of para-hydroxylation sites is 1. The molecule has 0 saturated heterocycles. The molecule has 112 valence electrons. The third kappa shape index (κ3) is 3.29. The van der Waals surface area contributed by atoms with Gasteiger partial charge in [-0.1, -0.05) is 24.3 Å². The van der Waals surface area contributed by atoms with Crippen molar-refractivity contribution in [2.45, 2.75) is 18.8 Å². The second-order valence-corrected chi connectivity index (χ2v) is 4.42. The number of pyridine rings is 1. The van der Waals surface area contributed by atoms with Crippen molar-refractivity contribution in [2.75, 3.05) is 6.54 Å². The summed E-state index contributed by atoms with van der Waals surface area (Å²) in [6.45, 7) is -0.170. The summed E-state index contributed by atoms with van der Waals surface area (Å²) in [5.74, 6) is -6.64. The van der Waals surface area contributed by atoms with Gasteiger partial charge in [-0.2, -0.15) is 8.78 Å². The van der Waals surface area contributed by atoms with Crippen LogP contribution in [0.15, 0.2) is 36.5 Å². The van der Waals surface area contributed by atoms with Crippen molar-refractivity contribution < 1.29 is 22.4 Å². The van der Waals surface area contributed by atoms with E-state index >= 15 is 0 Å². The Morgan fingerprint density at radius 2 is 1.95 bits per heavy atom. The first-order chi connectivity index (χ1) is 9.93. The summed E-state index contributed by atoms with van der Waals surface area (Å²) in [5.41, 5.74) is 1.43. The predicted octanol–water partition coefficient (Wildman–Crippen LogP) is 2.79. The lowest BCUT2D eigenvalue weighted by Gasteiger charge is -2.14. The Morgan fingerprint density at radius 1 is 1.24 bits per heavy atom. The van der Waals surface area contributed by atoms with E-state index in [2.05, 4.69) is 4.98 Å². The molecule has 0 fully saturated rings. The smallest absolute Gasteiger partial charge is 0.350 e. The highest BCUT2D eigenvalue weighted by molar-refractivity contribution is 5.84. The molecule has 0 aliphatic heterocycles. The number of hydrogen-bond acceptors (Lipinski definition) is 2. The van der Waals surface area contributed by atoms with Crippen molar-refractivity contribution in [3.8, 4) is 0 Å². The molecule has 0 spiro atoms. The summed E-state index contributed by atoms with van der Waals surface area (Å²) in [6, 6.07) is 8.96. The first-order valence-electron chi connectivity index (χ1n) is 6.20. The van der Waals surface area contributed by atoms with E-state index in [1.165, 1.54) is 0 Å². The maximum atomic E-state index is 12.7. The Hall–Kier alpha value is -2.18. The summed E-state index contributed by atoms with van der Waals surface area (Å²) in [7, 11) is 0. The van der Waals surface area contributed by atoms with Crippen LogP contribution in [0, 0.1) is 0 Å². The molecule has 21 heavy (non-hydrogen) atoms. The van der Waals surface area contributed by atoms with Gasteiger partial charge in [0.25, 0.3) is 5.91 Å². The number of nitrogens with zero attached hydrogens (tertiary/aromatic N) is 1. The summed E-state index contributed by atoms with van der Waals surface area (Å²) >= 11 is 0. The molecule has 0 aliphatic carbocycles. The van der Waals surface area contributed by atoms with E-state index in [0.29, 0.717) is 5.52 Å². The standard InChI is InChI=1S/C14H12F4N2O/c15-12(16)14(17,18)13(21)20-8-6-10-4-1-3-9-5-2-7-19-11(9)10/h1-5,7,12H,6,8H2,(H,20,21). The fourth-order valence-corrected chi connectivity index (χ4v) is 1.90. The number of fused-ring (bicyclic) bond motifs is 1. The second kappa shape index (κ2) is 6.07. The van der Waals surface area contributed by atoms with E-state index in [4.69, 9.17) is 0 Å². The molecule has 1 heterocycles. The van der Waals surface area contributed by atoms with Crippen LogP contribution >= 0.6 is 0 Å². The maximum Gasteiger partial charge on any atom is 0.383 e. The molecule has 0 unspecified atom stereocenters. The van der Waals surface area contributed by atoms with E-state index in [1.807, 2.05) is 17.4 Å². The minimum absolute atomic E-state index is 0.170. The van der Waals surface area contributed by atoms with Crippen LogP contribution in [0.3, 0.4) is 0 Å². The normalized spacial score (nSPS) is 11.9. The van der Waals surface area contributed by atoms with Crippen molar-refractivity contribution in [2.24, 2.45) is 0 Å². The van der Waals surface area contributed by atoms with Gasteiger partial charge in [-0.05, 0) is 18.1 Å². The number of alkyl halides is 4. The zero-order valence-electron chi connectivity index (χ0n) is 10.8. The number of carbonyl (C=O) groups is 1. The van der Waals surface area contributed by atoms with Crippen LogP contribution in [-0.2, 0) is 11.2 Å². The van der Waals surface area contributed by atoms with E-state index in [1.54, 1.807) is 24.4 Å². The number of aromatic nitrogens is 1. The number of carbonyl (C=O) groups excluding carboxylic acids is 1. The van der Waals surface area contributed by atoms with Gasteiger partial charge >= 0.3 is 12.3 Å². The van der Waals surface area contributed by atoms with E-state index in [-0.39, 0.29) is 13.0 Å². The zero-order valence-corrected chi connectivity index (χ0v) is 10.8. The van der Waals surface area contributed by atoms with Crippen LogP contribution in [0.4, 0.5) is 17.6 Å². The summed E-state index contributed by atoms with van der Waals surface area (Å²) in [4.78, 5) is 15.2.